The van der Waals surface area contributed by atoms with E-state index in [9.17, 15) is 9.59 Å². The summed E-state index contributed by atoms with van der Waals surface area (Å²) in [7, 11) is 0. The molecular weight excluding hydrogens is 302 g/mol. The van der Waals surface area contributed by atoms with E-state index in [4.69, 9.17) is 16.3 Å². The Kier molecular flexibility index (Phi) is 5.55. The van der Waals surface area contributed by atoms with E-state index in [1.165, 1.54) is 6.07 Å². The first-order chi connectivity index (χ1) is 10.6. The zero-order valence-electron chi connectivity index (χ0n) is 12.1. The minimum absolute atomic E-state index is 0.335. The van der Waals surface area contributed by atoms with Gasteiger partial charge in [0, 0.05) is 5.56 Å². The summed E-state index contributed by atoms with van der Waals surface area (Å²) in [6, 6.07) is 13.3. The van der Waals surface area contributed by atoms with Gasteiger partial charge in [-0.25, -0.2) is 4.79 Å². The van der Waals surface area contributed by atoms with E-state index < -0.39 is 5.97 Å². The van der Waals surface area contributed by atoms with Crippen molar-refractivity contribution in [2.24, 2.45) is 0 Å². The molecule has 4 nitrogen and oxygen atoms in total. The van der Waals surface area contributed by atoms with Gasteiger partial charge >= 0.3 is 5.97 Å². The van der Waals surface area contributed by atoms with Crippen LogP contribution in [0.2, 0.25) is 5.02 Å². The maximum absolute atomic E-state index is 12.2. The van der Waals surface area contributed by atoms with Gasteiger partial charge in [-0.2, -0.15) is 0 Å². The van der Waals surface area contributed by atoms with Gasteiger partial charge in [-0.05, 0) is 36.8 Å². The summed E-state index contributed by atoms with van der Waals surface area (Å²) < 4.78 is 5.06. The third kappa shape index (κ3) is 4.09. The maximum Gasteiger partial charge on any atom is 0.338 e. The first kappa shape index (κ1) is 16.0. The van der Waals surface area contributed by atoms with Gasteiger partial charge in [0.2, 0.25) is 0 Å². The first-order valence-electron chi connectivity index (χ1n) is 6.95. The van der Waals surface area contributed by atoms with Gasteiger partial charge in [-0.3, -0.25) is 4.79 Å². The molecule has 0 aromatic heterocycles. The Bertz CT molecular complexity index is 685. The smallest absolute Gasteiger partial charge is 0.338 e. The van der Waals surface area contributed by atoms with E-state index in [1.807, 2.05) is 6.92 Å². The minimum Gasteiger partial charge on any atom is -0.462 e. The minimum atomic E-state index is -0.436. The highest BCUT2D eigenvalue weighted by Gasteiger charge is 2.12. The molecule has 2 aromatic carbocycles. The Morgan fingerprint density at radius 2 is 1.82 bits per heavy atom. The lowest BCUT2D eigenvalue weighted by Crippen LogP contribution is -2.13. The average molecular weight is 318 g/mol. The quantitative estimate of drug-likeness (QED) is 0.842. The van der Waals surface area contributed by atoms with Crippen LogP contribution in [0.1, 0.15) is 34.1 Å². The molecule has 0 saturated heterocycles. The molecule has 1 N–H and O–H groups in total. The number of esters is 1. The standard InChI is InChI=1S/C17H16ClNO3/c1-2-10-22-17(21)13-7-5-6-12(11-13)16(20)19-15-9-4-3-8-14(15)18/h3-9,11H,2,10H2,1H3,(H,19,20). The molecule has 0 bridgehead atoms. The second-order valence-corrected chi connectivity index (χ2v) is 5.06. The first-order valence-corrected chi connectivity index (χ1v) is 7.32. The molecule has 0 fully saturated rings. The van der Waals surface area contributed by atoms with E-state index in [0.29, 0.717) is 28.4 Å². The fourth-order valence-electron chi connectivity index (χ4n) is 1.82. The summed E-state index contributed by atoms with van der Waals surface area (Å²) in [5.41, 5.74) is 1.24. The molecule has 2 rings (SSSR count). The van der Waals surface area contributed by atoms with Crippen LogP contribution in [0.15, 0.2) is 48.5 Å². The second kappa shape index (κ2) is 7.61. The molecule has 22 heavy (non-hydrogen) atoms. The molecule has 1 amide bonds. The molecule has 0 aliphatic rings. The second-order valence-electron chi connectivity index (χ2n) is 4.65. The Hall–Kier alpha value is -2.33. The lowest BCUT2D eigenvalue weighted by atomic mass is 10.1. The molecule has 5 heteroatoms. The van der Waals surface area contributed by atoms with Crippen LogP contribution in [-0.2, 0) is 4.74 Å². The van der Waals surface area contributed by atoms with Crippen molar-refractivity contribution in [2.75, 3.05) is 11.9 Å². The van der Waals surface area contributed by atoms with Crippen molar-refractivity contribution >= 4 is 29.2 Å². The van der Waals surface area contributed by atoms with Gasteiger partial charge in [0.1, 0.15) is 0 Å². The number of nitrogens with one attached hydrogen (secondary N) is 1. The highest BCUT2D eigenvalue weighted by Crippen LogP contribution is 2.21. The summed E-state index contributed by atoms with van der Waals surface area (Å²) in [6.45, 7) is 2.27. The number of carbonyl (C=O) groups is 2. The summed E-state index contributed by atoms with van der Waals surface area (Å²) in [6.07, 6.45) is 0.748. The van der Waals surface area contributed by atoms with Gasteiger partial charge in [0.15, 0.2) is 0 Å². The molecule has 0 aliphatic heterocycles. The van der Waals surface area contributed by atoms with Crippen molar-refractivity contribution in [3.05, 3.63) is 64.7 Å². The van der Waals surface area contributed by atoms with E-state index in [0.717, 1.165) is 6.42 Å². The van der Waals surface area contributed by atoms with E-state index in [2.05, 4.69) is 5.32 Å². The predicted octanol–water partition coefficient (Wildman–Crippen LogP) is 4.16. The van der Waals surface area contributed by atoms with Crippen molar-refractivity contribution < 1.29 is 14.3 Å². The largest absolute Gasteiger partial charge is 0.462 e. The van der Waals surface area contributed by atoms with Crippen LogP contribution < -0.4 is 5.32 Å². The molecule has 114 valence electrons. The number of para-hydroxylation sites is 1. The zero-order valence-corrected chi connectivity index (χ0v) is 12.9. The van der Waals surface area contributed by atoms with Gasteiger partial charge in [-0.15, -0.1) is 0 Å². The van der Waals surface area contributed by atoms with E-state index in [1.54, 1.807) is 42.5 Å². The molecule has 0 aliphatic carbocycles. The van der Waals surface area contributed by atoms with Crippen LogP contribution >= 0.6 is 11.6 Å². The number of anilines is 1. The van der Waals surface area contributed by atoms with Gasteiger partial charge < -0.3 is 10.1 Å². The lowest BCUT2D eigenvalue weighted by molar-refractivity contribution is 0.0505. The van der Waals surface area contributed by atoms with Crippen molar-refractivity contribution in [1.82, 2.24) is 0 Å². The average Bonchev–Trinajstić information content (AvgIpc) is 2.54. The Labute approximate surface area is 134 Å². The number of halogens is 1. The molecular formula is C17H16ClNO3. The molecule has 0 atom stereocenters. The van der Waals surface area contributed by atoms with Crippen LogP contribution in [-0.4, -0.2) is 18.5 Å². The fraction of sp³-hybridized carbons (Fsp3) is 0.176. The van der Waals surface area contributed by atoms with Crippen LogP contribution in [0.5, 0.6) is 0 Å². The Morgan fingerprint density at radius 1 is 1.09 bits per heavy atom. The van der Waals surface area contributed by atoms with E-state index >= 15 is 0 Å². The maximum atomic E-state index is 12.2. The van der Waals surface area contributed by atoms with Crippen molar-refractivity contribution in [1.29, 1.82) is 0 Å². The normalized spacial score (nSPS) is 10.1. The number of hydrogen-bond acceptors (Lipinski definition) is 3. The molecule has 0 unspecified atom stereocenters. The van der Waals surface area contributed by atoms with Crippen LogP contribution in [0.25, 0.3) is 0 Å². The van der Waals surface area contributed by atoms with E-state index in [-0.39, 0.29) is 5.91 Å². The highest BCUT2D eigenvalue weighted by atomic mass is 35.5. The van der Waals surface area contributed by atoms with Crippen LogP contribution in [0.3, 0.4) is 0 Å². The van der Waals surface area contributed by atoms with Gasteiger partial charge in [0.05, 0.1) is 22.9 Å². The Balaban J connectivity index is 2.13. The van der Waals surface area contributed by atoms with Crippen LogP contribution in [0, 0.1) is 0 Å². The number of benzene rings is 2. The van der Waals surface area contributed by atoms with Gasteiger partial charge in [-0.1, -0.05) is 36.7 Å². The van der Waals surface area contributed by atoms with Crippen LogP contribution in [0.4, 0.5) is 5.69 Å². The highest BCUT2D eigenvalue weighted by molar-refractivity contribution is 6.33. The van der Waals surface area contributed by atoms with Crippen molar-refractivity contribution in [3.63, 3.8) is 0 Å². The molecule has 0 heterocycles. The molecule has 0 saturated carbocycles. The summed E-state index contributed by atoms with van der Waals surface area (Å²) >= 11 is 6.01. The summed E-state index contributed by atoms with van der Waals surface area (Å²) in [4.78, 5) is 24.0. The Morgan fingerprint density at radius 3 is 2.55 bits per heavy atom. The van der Waals surface area contributed by atoms with Gasteiger partial charge in [0.25, 0.3) is 5.91 Å². The number of carbonyl (C=O) groups excluding carboxylic acids is 2. The van der Waals surface area contributed by atoms with Crippen molar-refractivity contribution in [3.8, 4) is 0 Å². The third-order valence-corrected chi connectivity index (χ3v) is 3.25. The topological polar surface area (TPSA) is 55.4 Å². The molecule has 2 aromatic rings. The fourth-order valence-corrected chi connectivity index (χ4v) is 2.01. The van der Waals surface area contributed by atoms with Crippen molar-refractivity contribution in [2.45, 2.75) is 13.3 Å². The summed E-state index contributed by atoms with van der Waals surface area (Å²) in [5.74, 6) is -0.771. The SMILES string of the molecule is CCCOC(=O)c1cccc(C(=O)Nc2ccccc2Cl)c1. The zero-order chi connectivity index (χ0) is 15.9. The molecule has 0 radical (unpaired) electrons. The number of amides is 1. The summed E-state index contributed by atoms with van der Waals surface area (Å²) in [5, 5.41) is 3.17. The number of rotatable bonds is 5. The number of hydrogen-bond donors (Lipinski definition) is 1. The lowest BCUT2D eigenvalue weighted by Gasteiger charge is -2.08. The molecule has 0 spiro atoms. The number of ether oxygens (including phenoxy) is 1. The third-order valence-electron chi connectivity index (χ3n) is 2.92. The predicted molar refractivity (Wildman–Crippen MR) is 86.4 cm³/mol. The monoisotopic (exact) mass is 317 g/mol.